The molecule has 2 atom stereocenters. The van der Waals surface area contributed by atoms with E-state index in [0.717, 1.165) is 24.6 Å². The summed E-state index contributed by atoms with van der Waals surface area (Å²) in [7, 11) is 0. The second-order valence-corrected chi connectivity index (χ2v) is 5.56. The number of piperidine rings is 1. The molecular formula is C14H22N4. The molecule has 0 aromatic carbocycles. The number of fused-ring (bicyclic) bond motifs is 1. The predicted molar refractivity (Wildman–Crippen MR) is 74.7 cm³/mol. The average molecular weight is 246 g/mol. The second-order valence-electron chi connectivity index (χ2n) is 5.56. The van der Waals surface area contributed by atoms with Gasteiger partial charge in [-0.25, -0.2) is 4.98 Å². The summed E-state index contributed by atoms with van der Waals surface area (Å²) in [4.78, 5) is 9.51. The summed E-state index contributed by atoms with van der Waals surface area (Å²) in [5, 5.41) is 0. The van der Waals surface area contributed by atoms with Crippen molar-refractivity contribution >= 4 is 11.5 Å². The Morgan fingerprint density at radius 1 is 1.33 bits per heavy atom. The van der Waals surface area contributed by atoms with Crippen LogP contribution in [0.15, 0.2) is 18.3 Å². The number of nitrogen functional groups attached to an aromatic ring is 1. The summed E-state index contributed by atoms with van der Waals surface area (Å²) in [6, 6.07) is 5.04. The van der Waals surface area contributed by atoms with E-state index in [1.54, 1.807) is 0 Å². The third-order valence-electron chi connectivity index (χ3n) is 4.28. The van der Waals surface area contributed by atoms with Gasteiger partial charge in [-0.1, -0.05) is 6.42 Å². The van der Waals surface area contributed by atoms with E-state index in [1.807, 2.05) is 18.3 Å². The lowest BCUT2D eigenvalue weighted by Crippen LogP contribution is -2.59. The van der Waals surface area contributed by atoms with Gasteiger partial charge in [0.2, 0.25) is 0 Å². The standard InChI is InChI=1S/C14H22N4/c1-11-9-17-8-3-2-5-12(17)10-18(11)14-13(15)6-4-7-16-14/h4,6-7,11-12H,2-3,5,8-10,15H2,1H3. The minimum absolute atomic E-state index is 0.497. The van der Waals surface area contributed by atoms with Gasteiger partial charge in [0.05, 0.1) is 5.69 Å². The van der Waals surface area contributed by atoms with Crippen LogP contribution < -0.4 is 10.6 Å². The first-order chi connectivity index (χ1) is 8.75. The predicted octanol–water partition coefficient (Wildman–Crippen LogP) is 1.73. The summed E-state index contributed by atoms with van der Waals surface area (Å²) in [6.45, 7) is 5.75. The van der Waals surface area contributed by atoms with Gasteiger partial charge in [-0.05, 0) is 38.4 Å². The fourth-order valence-corrected chi connectivity index (χ4v) is 3.30. The quantitative estimate of drug-likeness (QED) is 0.819. The lowest BCUT2D eigenvalue weighted by Gasteiger charge is -2.48. The van der Waals surface area contributed by atoms with E-state index in [2.05, 4.69) is 21.7 Å². The summed E-state index contributed by atoms with van der Waals surface area (Å²) in [5.41, 5.74) is 6.86. The molecule has 3 heterocycles. The van der Waals surface area contributed by atoms with Crippen molar-refractivity contribution in [3.63, 3.8) is 0 Å². The molecule has 2 unspecified atom stereocenters. The van der Waals surface area contributed by atoms with Gasteiger partial charge in [0.15, 0.2) is 5.82 Å². The lowest BCUT2D eigenvalue weighted by molar-refractivity contribution is 0.115. The smallest absolute Gasteiger partial charge is 0.152 e. The van der Waals surface area contributed by atoms with E-state index in [0.29, 0.717) is 12.1 Å². The molecule has 3 rings (SSSR count). The molecule has 4 nitrogen and oxygen atoms in total. The number of hydrogen-bond donors (Lipinski definition) is 1. The van der Waals surface area contributed by atoms with Gasteiger partial charge < -0.3 is 10.6 Å². The largest absolute Gasteiger partial charge is 0.396 e. The van der Waals surface area contributed by atoms with Crippen molar-refractivity contribution < 1.29 is 0 Å². The third kappa shape index (κ3) is 2.05. The van der Waals surface area contributed by atoms with Gasteiger partial charge >= 0.3 is 0 Å². The summed E-state index contributed by atoms with van der Waals surface area (Å²) >= 11 is 0. The van der Waals surface area contributed by atoms with Crippen LogP contribution in [0.25, 0.3) is 0 Å². The molecule has 0 radical (unpaired) electrons. The van der Waals surface area contributed by atoms with Crippen LogP contribution in [0, 0.1) is 0 Å². The molecule has 2 fully saturated rings. The highest BCUT2D eigenvalue weighted by atomic mass is 15.3. The zero-order valence-corrected chi connectivity index (χ0v) is 11.0. The van der Waals surface area contributed by atoms with E-state index >= 15 is 0 Å². The summed E-state index contributed by atoms with van der Waals surface area (Å²) < 4.78 is 0. The molecule has 0 saturated carbocycles. The average Bonchev–Trinajstić information content (AvgIpc) is 2.39. The van der Waals surface area contributed by atoms with Gasteiger partial charge in [-0.3, -0.25) is 4.90 Å². The molecule has 1 aromatic rings. The van der Waals surface area contributed by atoms with Crippen molar-refractivity contribution in [3.8, 4) is 0 Å². The van der Waals surface area contributed by atoms with Crippen LogP contribution >= 0.6 is 0 Å². The van der Waals surface area contributed by atoms with Gasteiger partial charge in [-0.2, -0.15) is 0 Å². The zero-order chi connectivity index (χ0) is 12.5. The lowest BCUT2D eigenvalue weighted by atomic mass is 9.97. The number of aromatic nitrogens is 1. The molecule has 2 aliphatic rings. The van der Waals surface area contributed by atoms with Crippen molar-refractivity contribution in [1.29, 1.82) is 0 Å². The minimum atomic E-state index is 0.497. The van der Waals surface area contributed by atoms with Crippen molar-refractivity contribution in [1.82, 2.24) is 9.88 Å². The van der Waals surface area contributed by atoms with Gasteiger partial charge in [0.1, 0.15) is 0 Å². The highest BCUT2D eigenvalue weighted by Crippen LogP contribution is 2.29. The molecule has 0 amide bonds. The molecule has 0 aliphatic carbocycles. The fraction of sp³-hybridized carbons (Fsp3) is 0.643. The van der Waals surface area contributed by atoms with Crippen molar-refractivity contribution in [3.05, 3.63) is 18.3 Å². The van der Waals surface area contributed by atoms with E-state index in [9.17, 15) is 0 Å². The molecule has 1 aromatic heterocycles. The second kappa shape index (κ2) is 4.76. The maximum atomic E-state index is 6.06. The topological polar surface area (TPSA) is 45.4 Å². The Bertz CT molecular complexity index is 420. The Morgan fingerprint density at radius 3 is 3.06 bits per heavy atom. The number of hydrogen-bond acceptors (Lipinski definition) is 4. The third-order valence-corrected chi connectivity index (χ3v) is 4.28. The SMILES string of the molecule is CC1CN2CCCCC2CN1c1ncccc1N. The number of piperazine rings is 1. The molecule has 18 heavy (non-hydrogen) atoms. The normalized spacial score (nSPS) is 29.1. The number of nitrogens with two attached hydrogens (primary N) is 1. The number of pyridine rings is 1. The molecule has 2 N–H and O–H groups in total. The van der Waals surface area contributed by atoms with Crippen molar-refractivity contribution in [2.24, 2.45) is 0 Å². The molecule has 2 aliphatic heterocycles. The maximum Gasteiger partial charge on any atom is 0.152 e. The Kier molecular flexibility index (Phi) is 3.12. The summed E-state index contributed by atoms with van der Waals surface area (Å²) in [6.07, 6.45) is 5.87. The number of rotatable bonds is 1. The van der Waals surface area contributed by atoms with Crippen molar-refractivity contribution in [2.75, 3.05) is 30.3 Å². The molecule has 98 valence electrons. The molecule has 2 saturated heterocycles. The van der Waals surface area contributed by atoms with Crippen LogP contribution in [0.1, 0.15) is 26.2 Å². The molecule has 0 spiro atoms. The minimum Gasteiger partial charge on any atom is -0.396 e. The summed E-state index contributed by atoms with van der Waals surface area (Å²) in [5.74, 6) is 0.968. The van der Waals surface area contributed by atoms with Gasteiger partial charge in [0, 0.05) is 31.4 Å². The van der Waals surface area contributed by atoms with Crippen molar-refractivity contribution in [2.45, 2.75) is 38.3 Å². The zero-order valence-electron chi connectivity index (χ0n) is 11.0. The molecular weight excluding hydrogens is 224 g/mol. The highest BCUT2D eigenvalue weighted by molar-refractivity contribution is 5.63. The van der Waals surface area contributed by atoms with E-state index in [4.69, 9.17) is 5.73 Å². The Balaban J connectivity index is 1.82. The van der Waals surface area contributed by atoms with E-state index in [-0.39, 0.29) is 0 Å². The Hall–Kier alpha value is -1.29. The number of nitrogens with zero attached hydrogens (tertiary/aromatic N) is 3. The maximum absolute atomic E-state index is 6.06. The van der Waals surface area contributed by atoms with Crippen LogP contribution in [0.4, 0.5) is 11.5 Å². The van der Waals surface area contributed by atoms with Crippen LogP contribution in [0.2, 0.25) is 0 Å². The van der Waals surface area contributed by atoms with Crippen LogP contribution in [0.3, 0.4) is 0 Å². The van der Waals surface area contributed by atoms with Gasteiger partial charge in [-0.15, -0.1) is 0 Å². The van der Waals surface area contributed by atoms with E-state index < -0.39 is 0 Å². The monoisotopic (exact) mass is 246 g/mol. The first-order valence-corrected chi connectivity index (χ1v) is 6.97. The Labute approximate surface area is 109 Å². The molecule has 4 heteroatoms. The first-order valence-electron chi connectivity index (χ1n) is 6.97. The van der Waals surface area contributed by atoms with Crippen LogP contribution in [0.5, 0.6) is 0 Å². The van der Waals surface area contributed by atoms with Gasteiger partial charge in [0.25, 0.3) is 0 Å². The van der Waals surface area contributed by atoms with Crippen LogP contribution in [-0.2, 0) is 0 Å². The number of anilines is 2. The van der Waals surface area contributed by atoms with Crippen LogP contribution in [-0.4, -0.2) is 41.6 Å². The Morgan fingerprint density at radius 2 is 2.22 bits per heavy atom. The fourth-order valence-electron chi connectivity index (χ4n) is 3.30. The molecule has 0 bridgehead atoms. The highest BCUT2D eigenvalue weighted by Gasteiger charge is 2.33. The first kappa shape index (κ1) is 11.8. The van der Waals surface area contributed by atoms with E-state index in [1.165, 1.54) is 25.8 Å².